The molecule has 1 amide bonds. The molecule has 0 aromatic heterocycles. The van der Waals surface area contributed by atoms with Gasteiger partial charge in [0.1, 0.15) is 5.82 Å². The highest BCUT2D eigenvalue weighted by molar-refractivity contribution is 5.97. The molecule has 0 heterocycles. The largest absolute Gasteiger partial charge is 0.325 e. The van der Waals surface area contributed by atoms with Gasteiger partial charge in [0, 0.05) is 23.4 Å². The number of benzene rings is 2. The summed E-state index contributed by atoms with van der Waals surface area (Å²) in [5.74, 6) is -0.615. The van der Waals surface area contributed by atoms with E-state index in [-0.39, 0.29) is 30.6 Å². The van der Waals surface area contributed by atoms with Crippen molar-refractivity contribution in [2.24, 2.45) is 0 Å². The summed E-state index contributed by atoms with van der Waals surface area (Å²) in [7, 11) is 0. The van der Waals surface area contributed by atoms with Crippen LogP contribution >= 0.6 is 0 Å². The molecule has 2 N–H and O–H groups in total. The molecule has 0 saturated carbocycles. The summed E-state index contributed by atoms with van der Waals surface area (Å²) in [6, 6.07) is 13.1. The van der Waals surface area contributed by atoms with Gasteiger partial charge in [-0.3, -0.25) is 9.59 Å². The number of rotatable bonds is 6. The monoisotopic (exact) mass is 300 g/mol. The van der Waals surface area contributed by atoms with E-state index in [1.807, 2.05) is 0 Å². The highest BCUT2D eigenvalue weighted by Crippen LogP contribution is 2.11. The summed E-state index contributed by atoms with van der Waals surface area (Å²) in [4.78, 5) is 23.1. The molecule has 2 aromatic rings. The number of nitrogens with one attached hydrogen (secondary N) is 2. The van der Waals surface area contributed by atoms with Crippen molar-refractivity contribution in [1.82, 2.24) is 5.32 Å². The molecule has 0 bridgehead atoms. The Morgan fingerprint density at radius 1 is 1.09 bits per heavy atom. The molecule has 0 unspecified atom stereocenters. The lowest BCUT2D eigenvalue weighted by Gasteiger charge is -2.08. The van der Waals surface area contributed by atoms with Crippen molar-refractivity contribution in [3.05, 3.63) is 65.5 Å². The molecule has 0 aliphatic carbocycles. The van der Waals surface area contributed by atoms with Crippen molar-refractivity contribution in [3.8, 4) is 0 Å². The van der Waals surface area contributed by atoms with E-state index in [0.717, 1.165) is 0 Å². The first kappa shape index (κ1) is 15.9. The van der Waals surface area contributed by atoms with E-state index in [1.54, 1.807) is 42.5 Å². The van der Waals surface area contributed by atoms with Crippen molar-refractivity contribution in [2.45, 2.75) is 13.5 Å². The van der Waals surface area contributed by atoms with E-state index < -0.39 is 0 Å². The molecular weight excluding hydrogens is 283 g/mol. The fourth-order valence-electron chi connectivity index (χ4n) is 1.97. The topological polar surface area (TPSA) is 58.2 Å². The van der Waals surface area contributed by atoms with Gasteiger partial charge in [0.15, 0.2) is 5.78 Å². The fraction of sp³-hybridized carbons (Fsp3) is 0.176. The van der Waals surface area contributed by atoms with Crippen LogP contribution < -0.4 is 10.6 Å². The van der Waals surface area contributed by atoms with Crippen LogP contribution in [0.1, 0.15) is 22.8 Å². The second-order valence-electron chi connectivity index (χ2n) is 4.88. The van der Waals surface area contributed by atoms with Gasteiger partial charge in [-0.15, -0.1) is 0 Å². The summed E-state index contributed by atoms with van der Waals surface area (Å²) in [5, 5.41) is 5.57. The number of hydrogen-bond donors (Lipinski definition) is 2. The van der Waals surface area contributed by atoms with Crippen LogP contribution in [0.15, 0.2) is 48.5 Å². The normalized spacial score (nSPS) is 10.3. The van der Waals surface area contributed by atoms with E-state index in [0.29, 0.717) is 16.8 Å². The number of Topliss-reactive ketones (excluding diaryl/α,β-unsaturated/α-hetero) is 1. The summed E-state index contributed by atoms with van der Waals surface area (Å²) in [5.41, 5.74) is 1.61. The molecule has 2 aromatic carbocycles. The van der Waals surface area contributed by atoms with E-state index in [4.69, 9.17) is 0 Å². The summed E-state index contributed by atoms with van der Waals surface area (Å²) >= 11 is 0. The van der Waals surface area contributed by atoms with Gasteiger partial charge in [0.2, 0.25) is 5.91 Å². The molecule has 114 valence electrons. The lowest BCUT2D eigenvalue weighted by atomic mass is 10.1. The third kappa shape index (κ3) is 4.49. The number of halogens is 1. The molecule has 5 heteroatoms. The van der Waals surface area contributed by atoms with Gasteiger partial charge in [0.05, 0.1) is 6.54 Å². The lowest BCUT2D eigenvalue weighted by molar-refractivity contribution is -0.115. The number of anilines is 1. The minimum atomic E-state index is -0.301. The molecular formula is C17H17FN2O2. The summed E-state index contributed by atoms with van der Waals surface area (Å²) in [6.07, 6.45) is 0. The van der Waals surface area contributed by atoms with Crippen LogP contribution in [-0.4, -0.2) is 18.2 Å². The first-order chi connectivity index (χ1) is 10.6. The zero-order chi connectivity index (χ0) is 15.9. The lowest BCUT2D eigenvalue weighted by Crippen LogP contribution is -2.28. The molecule has 0 fully saturated rings. The Kier molecular flexibility index (Phi) is 5.38. The minimum Gasteiger partial charge on any atom is -0.325 e. The Morgan fingerprint density at radius 3 is 2.59 bits per heavy atom. The first-order valence-electron chi connectivity index (χ1n) is 6.91. The molecule has 2 rings (SSSR count). The molecule has 0 spiro atoms. The maximum absolute atomic E-state index is 13.4. The van der Waals surface area contributed by atoms with Crippen LogP contribution in [0.2, 0.25) is 0 Å². The van der Waals surface area contributed by atoms with E-state index in [9.17, 15) is 14.0 Å². The highest BCUT2D eigenvalue weighted by atomic mass is 19.1. The molecule has 0 radical (unpaired) electrons. The number of amides is 1. The highest BCUT2D eigenvalue weighted by Gasteiger charge is 2.05. The van der Waals surface area contributed by atoms with Crippen molar-refractivity contribution in [3.63, 3.8) is 0 Å². The Balaban J connectivity index is 1.84. The second-order valence-corrected chi connectivity index (χ2v) is 4.88. The van der Waals surface area contributed by atoms with Gasteiger partial charge < -0.3 is 10.6 Å². The van der Waals surface area contributed by atoms with Crippen molar-refractivity contribution in [2.75, 3.05) is 11.9 Å². The van der Waals surface area contributed by atoms with E-state index in [1.165, 1.54) is 13.0 Å². The van der Waals surface area contributed by atoms with E-state index in [2.05, 4.69) is 10.6 Å². The minimum absolute atomic E-state index is 0.0542. The van der Waals surface area contributed by atoms with Gasteiger partial charge in [-0.1, -0.05) is 30.3 Å². The second kappa shape index (κ2) is 7.47. The first-order valence-corrected chi connectivity index (χ1v) is 6.91. The Morgan fingerprint density at radius 2 is 1.86 bits per heavy atom. The molecule has 0 atom stereocenters. The van der Waals surface area contributed by atoms with Crippen LogP contribution in [0.4, 0.5) is 10.1 Å². The summed E-state index contributed by atoms with van der Waals surface area (Å²) < 4.78 is 13.4. The Bertz CT molecular complexity index is 686. The molecule has 0 saturated heterocycles. The predicted molar refractivity (Wildman–Crippen MR) is 83.2 cm³/mol. The predicted octanol–water partition coefficient (Wildman–Crippen LogP) is 2.76. The number of ketones is 1. The summed E-state index contributed by atoms with van der Waals surface area (Å²) in [6.45, 7) is 1.79. The van der Waals surface area contributed by atoms with Crippen LogP contribution in [0.25, 0.3) is 0 Å². The zero-order valence-electron chi connectivity index (χ0n) is 12.2. The Hall–Kier alpha value is -2.53. The number of hydrogen-bond acceptors (Lipinski definition) is 3. The Labute approximate surface area is 128 Å². The maximum Gasteiger partial charge on any atom is 0.238 e. The van der Waals surface area contributed by atoms with E-state index >= 15 is 0 Å². The average Bonchev–Trinajstić information content (AvgIpc) is 2.49. The van der Waals surface area contributed by atoms with Crippen LogP contribution in [0, 0.1) is 5.82 Å². The average molecular weight is 300 g/mol. The van der Waals surface area contributed by atoms with Crippen molar-refractivity contribution < 1.29 is 14.0 Å². The maximum atomic E-state index is 13.4. The standard InChI is InChI=1S/C17H17FN2O2/c1-12(21)13-6-4-7-15(9-13)20-17(22)11-19-10-14-5-2-3-8-16(14)18/h2-9,19H,10-11H2,1H3,(H,20,22). The third-order valence-electron chi connectivity index (χ3n) is 3.11. The number of carbonyl (C=O) groups is 2. The van der Waals surface area contributed by atoms with Gasteiger partial charge >= 0.3 is 0 Å². The number of carbonyl (C=O) groups excluding carboxylic acids is 2. The molecule has 4 nitrogen and oxygen atoms in total. The third-order valence-corrected chi connectivity index (χ3v) is 3.11. The smallest absolute Gasteiger partial charge is 0.238 e. The molecule has 0 aliphatic heterocycles. The van der Waals surface area contributed by atoms with Crippen LogP contribution in [0.5, 0.6) is 0 Å². The SMILES string of the molecule is CC(=O)c1cccc(NC(=O)CNCc2ccccc2F)c1. The van der Waals surface area contributed by atoms with Gasteiger partial charge in [0.25, 0.3) is 0 Å². The zero-order valence-corrected chi connectivity index (χ0v) is 12.2. The van der Waals surface area contributed by atoms with Crippen molar-refractivity contribution in [1.29, 1.82) is 0 Å². The quantitative estimate of drug-likeness (QED) is 0.807. The van der Waals surface area contributed by atoms with Crippen LogP contribution in [-0.2, 0) is 11.3 Å². The molecule has 0 aliphatic rings. The van der Waals surface area contributed by atoms with Gasteiger partial charge in [-0.25, -0.2) is 4.39 Å². The van der Waals surface area contributed by atoms with Gasteiger partial charge in [-0.2, -0.15) is 0 Å². The van der Waals surface area contributed by atoms with Gasteiger partial charge in [-0.05, 0) is 25.1 Å². The van der Waals surface area contributed by atoms with Crippen LogP contribution in [0.3, 0.4) is 0 Å². The fourth-order valence-corrected chi connectivity index (χ4v) is 1.97. The molecule has 22 heavy (non-hydrogen) atoms. The van der Waals surface area contributed by atoms with Crippen molar-refractivity contribution >= 4 is 17.4 Å².